The van der Waals surface area contributed by atoms with Crippen molar-refractivity contribution in [1.29, 1.82) is 0 Å². The number of hydrogen-bond donors (Lipinski definition) is 0. The van der Waals surface area contributed by atoms with Gasteiger partial charge in [-0.05, 0) is 40.8 Å². The predicted octanol–water partition coefficient (Wildman–Crippen LogP) is 6.49. The molecule has 132 valence electrons. The van der Waals surface area contributed by atoms with Crippen LogP contribution in [-0.4, -0.2) is 27.8 Å². The molecule has 1 spiro atoms. The lowest BCUT2D eigenvalue weighted by Gasteiger charge is -2.49. The molecule has 1 aliphatic carbocycles. The second-order valence-electron chi connectivity index (χ2n) is 7.39. The summed E-state index contributed by atoms with van der Waals surface area (Å²) in [5, 5.41) is 3.04. The van der Waals surface area contributed by atoms with E-state index < -0.39 is 0 Å². The third-order valence-electron chi connectivity index (χ3n) is 5.75. The summed E-state index contributed by atoms with van der Waals surface area (Å²) in [4.78, 5) is 2.53. The summed E-state index contributed by atoms with van der Waals surface area (Å²) < 4.78 is 1.05. The molecule has 2 aromatic rings. The van der Waals surface area contributed by atoms with Gasteiger partial charge in [0.2, 0.25) is 0 Å². The van der Waals surface area contributed by atoms with Crippen molar-refractivity contribution in [2.45, 2.75) is 37.5 Å². The van der Waals surface area contributed by atoms with Crippen LogP contribution in [0.4, 0.5) is 0 Å². The number of nitrogens with zero attached hydrogens (tertiary/aromatic N) is 1. The molecule has 2 aliphatic rings. The van der Waals surface area contributed by atoms with Crippen LogP contribution in [0.1, 0.15) is 43.0 Å². The average Bonchev–Trinajstić information content (AvgIpc) is 2.68. The van der Waals surface area contributed by atoms with Gasteiger partial charge in [0.1, 0.15) is 9.69 Å². The molecular weight excluding hydrogens is 362 g/mol. The molecule has 4 heteroatoms. The summed E-state index contributed by atoms with van der Waals surface area (Å²) in [6.07, 6.45) is 9.05. The number of benzene rings is 2. The molecule has 0 N–H and O–H groups in total. The van der Waals surface area contributed by atoms with Gasteiger partial charge >= 0.3 is 0 Å². The minimum Gasteiger partial charge on any atom is -0.341 e. The van der Waals surface area contributed by atoms with Crippen LogP contribution in [0.3, 0.4) is 0 Å². The van der Waals surface area contributed by atoms with Crippen LogP contribution >= 0.6 is 35.7 Å². The topological polar surface area (TPSA) is 3.24 Å². The number of fused-ring (bicyclic) bond motifs is 1. The van der Waals surface area contributed by atoms with Crippen LogP contribution in [0.2, 0.25) is 0 Å². The molecule has 1 unspecified atom stereocenters. The highest BCUT2D eigenvalue weighted by atomic mass is 32.2. The highest BCUT2D eigenvalue weighted by molar-refractivity contribution is 8.22. The van der Waals surface area contributed by atoms with Gasteiger partial charge in [-0.2, -0.15) is 0 Å². The SMILES string of the molecule is CSC(=S)N1CC2(CCCCC2)CSC1c1cccc2ccccc12. The molecular formula is C21H25NS3. The molecule has 1 saturated carbocycles. The first-order valence-electron chi connectivity index (χ1n) is 9.16. The van der Waals surface area contributed by atoms with Gasteiger partial charge in [0.15, 0.2) is 0 Å². The van der Waals surface area contributed by atoms with E-state index in [-0.39, 0.29) is 0 Å². The van der Waals surface area contributed by atoms with Gasteiger partial charge in [-0.15, -0.1) is 23.5 Å². The Morgan fingerprint density at radius 3 is 2.68 bits per heavy atom. The Bertz CT molecular complexity index is 761. The van der Waals surface area contributed by atoms with Gasteiger partial charge in [-0.25, -0.2) is 0 Å². The maximum Gasteiger partial charge on any atom is 0.137 e. The third kappa shape index (κ3) is 3.45. The van der Waals surface area contributed by atoms with E-state index in [4.69, 9.17) is 12.2 Å². The van der Waals surface area contributed by atoms with Gasteiger partial charge in [-0.3, -0.25) is 0 Å². The van der Waals surface area contributed by atoms with Crippen LogP contribution in [0.15, 0.2) is 42.5 Å². The van der Waals surface area contributed by atoms with E-state index in [1.165, 1.54) is 54.2 Å². The van der Waals surface area contributed by atoms with Crippen LogP contribution in [-0.2, 0) is 0 Å². The molecule has 1 aliphatic heterocycles. The summed E-state index contributed by atoms with van der Waals surface area (Å²) in [6, 6.07) is 15.5. The van der Waals surface area contributed by atoms with Crippen LogP contribution in [0.25, 0.3) is 10.8 Å². The van der Waals surface area contributed by atoms with Gasteiger partial charge in [0.05, 0.1) is 0 Å². The first-order valence-corrected chi connectivity index (χ1v) is 11.8. The summed E-state index contributed by atoms with van der Waals surface area (Å²) in [5.74, 6) is 1.27. The van der Waals surface area contributed by atoms with Gasteiger partial charge in [0.25, 0.3) is 0 Å². The monoisotopic (exact) mass is 387 g/mol. The summed E-state index contributed by atoms with van der Waals surface area (Å²) >= 11 is 9.64. The Kier molecular flexibility index (Phi) is 5.30. The molecule has 1 atom stereocenters. The zero-order valence-corrected chi connectivity index (χ0v) is 17.2. The third-order valence-corrected chi connectivity index (χ3v) is 8.67. The van der Waals surface area contributed by atoms with E-state index in [0.717, 1.165) is 10.9 Å². The highest BCUT2D eigenvalue weighted by Crippen LogP contribution is 2.51. The zero-order chi connectivity index (χ0) is 17.3. The van der Waals surface area contributed by atoms with E-state index in [9.17, 15) is 0 Å². The lowest BCUT2D eigenvalue weighted by atomic mass is 9.75. The molecule has 1 saturated heterocycles. The second-order valence-corrected chi connectivity index (χ2v) is 9.90. The van der Waals surface area contributed by atoms with Crippen molar-refractivity contribution in [3.8, 4) is 0 Å². The van der Waals surface area contributed by atoms with E-state index in [1.807, 2.05) is 0 Å². The first-order chi connectivity index (χ1) is 12.2. The Labute approximate surface area is 164 Å². The smallest absolute Gasteiger partial charge is 0.137 e. The minimum absolute atomic E-state index is 0.346. The Hall–Kier alpha value is -0.710. The lowest BCUT2D eigenvalue weighted by molar-refractivity contribution is 0.155. The van der Waals surface area contributed by atoms with Crippen molar-refractivity contribution in [2.24, 2.45) is 5.41 Å². The fourth-order valence-corrected chi connectivity index (χ4v) is 6.79. The fraction of sp³-hybridized carbons (Fsp3) is 0.476. The molecule has 0 aromatic heterocycles. The van der Waals surface area contributed by atoms with Crippen molar-refractivity contribution in [3.63, 3.8) is 0 Å². The molecule has 2 aromatic carbocycles. The van der Waals surface area contributed by atoms with E-state index in [0.29, 0.717) is 10.8 Å². The summed E-state index contributed by atoms with van der Waals surface area (Å²) in [7, 11) is 0. The molecule has 0 bridgehead atoms. The van der Waals surface area contributed by atoms with Crippen molar-refractivity contribution >= 4 is 50.8 Å². The van der Waals surface area contributed by atoms with Crippen molar-refractivity contribution in [2.75, 3.05) is 18.6 Å². The number of thiocarbonyl (C=S) groups is 1. The van der Waals surface area contributed by atoms with Crippen LogP contribution in [0, 0.1) is 5.41 Å². The maximum absolute atomic E-state index is 5.80. The van der Waals surface area contributed by atoms with E-state index >= 15 is 0 Å². The minimum atomic E-state index is 0.346. The maximum atomic E-state index is 5.80. The van der Waals surface area contributed by atoms with E-state index in [1.54, 1.807) is 11.8 Å². The van der Waals surface area contributed by atoms with Crippen molar-refractivity contribution < 1.29 is 0 Å². The largest absolute Gasteiger partial charge is 0.341 e. The fourth-order valence-electron chi connectivity index (χ4n) is 4.44. The second kappa shape index (κ2) is 7.50. The van der Waals surface area contributed by atoms with Crippen LogP contribution < -0.4 is 0 Å². The zero-order valence-electron chi connectivity index (χ0n) is 14.7. The molecule has 0 radical (unpaired) electrons. The predicted molar refractivity (Wildman–Crippen MR) is 117 cm³/mol. The van der Waals surface area contributed by atoms with Crippen molar-refractivity contribution in [3.05, 3.63) is 48.0 Å². The molecule has 1 nitrogen and oxygen atoms in total. The molecule has 4 rings (SSSR count). The Morgan fingerprint density at radius 1 is 1.12 bits per heavy atom. The summed E-state index contributed by atoms with van der Waals surface area (Å²) in [6.45, 7) is 1.13. The van der Waals surface area contributed by atoms with Gasteiger partial charge in [0, 0.05) is 12.3 Å². The van der Waals surface area contributed by atoms with Crippen molar-refractivity contribution in [1.82, 2.24) is 4.90 Å². The lowest BCUT2D eigenvalue weighted by Crippen LogP contribution is -2.47. The standard InChI is InChI=1S/C21H25NS3/c1-24-20(23)22-14-21(12-5-2-6-13-21)15-25-19(22)18-11-7-9-16-8-3-4-10-17(16)18/h3-4,7-11,19H,2,5-6,12-15H2,1H3. The Balaban J connectivity index is 1.71. The molecule has 25 heavy (non-hydrogen) atoms. The van der Waals surface area contributed by atoms with Gasteiger partial charge < -0.3 is 4.90 Å². The normalized spacial score (nSPS) is 23.1. The number of rotatable bonds is 1. The quantitative estimate of drug-likeness (QED) is 0.514. The molecule has 0 amide bonds. The first kappa shape index (κ1) is 17.7. The molecule has 1 heterocycles. The number of thioether (sulfide) groups is 2. The van der Waals surface area contributed by atoms with E-state index in [2.05, 4.69) is 65.4 Å². The Morgan fingerprint density at radius 2 is 1.88 bits per heavy atom. The average molecular weight is 388 g/mol. The molecule has 2 fully saturated rings. The van der Waals surface area contributed by atoms with Gasteiger partial charge in [-0.1, -0.05) is 73.9 Å². The highest BCUT2D eigenvalue weighted by Gasteiger charge is 2.42. The number of hydrogen-bond acceptors (Lipinski definition) is 3. The van der Waals surface area contributed by atoms with Crippen LogP contribution in [0.5, 0.6) is 0 Å². The summed E-state index contributed by atoms with van der Waals surface area (Å²) in [5.41, 5.74) is 1.90.